The summed E-state index contributed by atoms with van der Waals surface area (Å²) in [6.07, 6.45) is -9.97. The van der Waals surface area contributed by atoms with Crippen molar-refractivity contribution in [2.45, 2.75) is 63.8 Å². The zero-order valence-electron chi connectivity index (χ0n) is 21.7. The zero-order valence-corrected chi connectivity index (χ0v) is 21.7. The van der Waals surface area contributed by atoms with Crippen molar-refractivity contribution in [1.29, 1.82) is 0 Å². The van der Waals surface area contributed by atoms with Crippen LogP contribution in [-0.4, -0.2) is 45.5 Å². The molecular weight excluding hydrogens is 540 g/mol. The monoisotopic (exact) mass is 567 g/mol. The number of unbranched alkanes of at least 4 members (excludes halogenated alkanes) is 2. The average Bonchev–Trinajstić information content (AvgIpc) is 3.40. The molecule has 0 saturated heterocycles. The number of nitrogens with zero attached hydrogens (tertiary/aromatic N) is 3. The molecule has 0 aliphatic carbocycles. The number of halogens is 6. The van der Waals surface area contributed by atoms with Crippen LogP contribution in [0.2, 0.25) is 0 Å². The van der Waals surface area contributed by atoms with Crippen molar-refractivity contribution in [1.82, 2.24) is 25.9 Å². The Kier molecular flexibility index (Phi) is 8.22. The highest BCUT2D eigenvalue weighted by Gasteiger charge is 2.60. The van der Waals surface area contributed by atoms with Crippen molar-refractivity contribution >= 4 is 17.1 Å². The second-order valence-electron chi connectivity index (χ2n) is 9.74. The van der Waals surface area contributed by atoms with E-state index in [2.05, 4.69) is 25.9 Å². The molecule has 2 aromatic carbocycles. The smallest absolute Gasteiger partial charge is 0.416 e. The number of nitrogens with one attached hydrogen (secondary N) is 2. The minimum absolute atomic E-state index is 0.0265. The lowest BCUT2D eigenvalue weighted by molar-refractivity contribution is -0.201. The number of aromatic nitrogens is 4. The van der Waals surface area contributed by atoms with Crippen LogP contribution in [0.3, 0.4) is 0 Å². The molecule has 40 heavy (non-hydrogen) atoms. The van der Waals surface area contributed by atoms with E-state index >= 15 is 0 Å². The molecule has 1 atom stereocenters. The number of alkyl halides is 6. The van der Waals surface area contributed by atoms with Crippen LogP contribution in [-0.2, 0) is 10.3 Å². The number of ether oxygens (including phenoxy) is 1. The van der Waals surface area contributed by atoms with Crippen molar-refractivity contribution in [2.24, 2.45) is 0 Å². The van der Waals surface area contributed by atoms with Gasteiger partial charge in [-0.15, -0.1) is 10.2 Å². The molecule has 1 aromatic heterocycles. The number of carbonyl (C=O) groups is 1. The molecule has 0 bridgehead atoms. The van der Waals surface area contributed by atoms with Gasteiger partial charge in [0.2, 0.25) is 5.82 Å². The highest BCUT2D eigenvalue weighted by Crippen LogP contribution is 2.50. The molecule has 1 aliphatic rings. The van der Waals surface area contributed by atoms with Gasteiger partial charge in [-0.1, -0.05) is 35.9 Å². The van der Waals surface area contributed by atoms with E-state index in [4.69, 9.17) is 4.74 Å². The Balaban J connectivity index is 1.65. The number of tetrazole rings is 1. The predicted molar refractivity (Wildman–Crippen MR) is 134 cm³/mol. The summed E-state index contributed by atoms with van der Waals surface area (Å²) in [4.78, 5) is 13.3. The van der Waals surface area contributed by atoms with Gasteiger partial charge in [-0.05, 0) is 72.7 Å². The second kappa shape index (κ2) is 11.3. The molecule has 4 rings (SSSR count). The van der Waals surface area contributed by atoms with Gasteiger partial charge < -0.3 is 10.1 Å². The number of aryl methyl sites for hydroxylation is 2. The highest BCUT2D eigenvalue weighted by atomic mass is 19.4. The summed E-state index contributed by atoms with van der Waals surface area (Å²) in [7, 11) is 0. The molecule has 0 spiro atoms. The Morgan fingerprint density at radius 3 is 2.30 bits per heavy atom. The number of aromatic amines is 1. The normalized spacial score (nSPS) is 18.1. The topological polar surface area (TPSA) is 92.8 Å². The standard InChI is InChI=1S/C27H27F6N5O2/c1-16-6-8-18(9-7-16)20-15-25(27(31,32)33,34-24(39)22(20)23-35-37-38-36-23)19-10-11-21(17(2)14-19)40-13-5-3-4-12-26(28,29)30/h6-11,14H,3-5,12-13,15H2,1-2H3,(H,34,39)(H,35,36,37,38). The van der Waals surface area contributed by atoms with E-state index in [0.717, 1.165) is 5.56 Å². The van der Waals surface area contributed by atoms with Crippen LogP contribution < -0.4 is 10.1 Å². The fourth-order valence-corrected chi connectivity index (χ4v) is 4.67. The van der Waals surface area contributed by atoms with Gasteiger partial charge in [0.25, 0.3) is 5.91 Å². The maximum Gasteiger partial charge on any atom is 0.416 e. The molecule has 214 valence electrons. The molecule has 13 heteroatoms. The quantitative estimate of drug-likeness (QED) is 0.237. The van der Waals surface area contributed by atoms with E-state index in [1.165, 1.54) is 18.2 Å². The van der Waals surface area contributed by atoms with E-state index < -0.39 is 36.6 Å². The fraction of sp³-hybridized carbons (Fsp3) is 0.407. The first-order valence-corrected chi connectivity index (χ1v) is 12.5. The lowest BCUT2D eigenvalue weighted by Gasteiger charge is -2.41. The van der Waals surface area contributed by atoms with Crippen molar-refractivity contribution in [2.75, 3.05) is 6.61 Å². The first-order chi connectivity index (χ1) is 18.8. The van der Waals surface area contributed by atoms with Gasteiger partial charge in [0.15, 0.2) is 5.54 Å². The zero-order chi connectivity index (χ0) is 29.1. The third-order valence-corrected chi connectivity index (χ3v) is 6.78. The van der Waals surface area contributed by atoms with Gasteiger partial charge in [0.05, 0.1) is 12.2 Å². The maximum absolute atomic E-state index is 14.9. The van der Waals surface area contributed by atoms with E-state index in [0.29, 0.717) is 29.7 Å². The number of hydrogen-bond acceptors (Lipinski definition) is 5. The number of rotatable bonds is 9. The van der Waals surface area contributed by atoms with E-state index in [1.54, 1.807) is 31.2 Å². The van der Waals surface area contributed by atoms with Gasteiger partial charge in [-0.3, -0.25) is 4.79 Å². The highest BCUT2D eigenvalue weighted by molar-refractivity contribution is 6.27. The molecular formula is C27H27F6N5O2. The second-order valence-corrected chi connectivity index (χ2v) is 9.74. The summed E-state index contributed by atoms with van der Waals surface area (Å²) in [6.45, 7) is 3.52. The van der Waals surface area contributed by atoms with Crippen LogP contribution in [0, 0.1) is 13.8 Å². The van der Waals surface area contributed by atoms with Crippen LogP contribution in [0.25, 0.3) is 11.1 Å². The summed E-state index contributed by atoms with van der Waals surface area (Å²) < 4.78 is 87.3. The molecule has 1 unspecified atom stereocenters. The summed E-state index contributed by atoms with van der Waals surface area (Å²) in [5.41, 5.74) is -1.27. The lowest BCUT2D eigenvalue weighted by Crippen LogP contribution is -2.58. The van der Waals surface area contributed by atoms with E-state index in [-0.39, 0.29) is 35.6 Å². The molecule has 0 radical (unpaired) electrons. The van der Waals surface area contributed by atoms with Crippen molar-refractivity contribution in [3.05, 3.63) is 70.5 Å². The van der Waals surface area contributed by atoms with Gasteiger partial charge >= 0.3 is 12.4 Å². The summed E-state index contributed by atoms with van der Waals surface area (Å²) in [5.74, 6) is -0.822. The first-order valence-electron chi connectivity index (χ1n) is 12.5. The number of hydrogen-bond donors (Lipinski definition) is 2. The van der Waals surface area contributed by atoms with Gasteiger partial charge in [0.1, 0.15) is 5.75 Å². The predicted octanol–water partition coefficient (Wildman–Crippen LogP) is 6.21. The van der Waals surface area contributed by atoms with Gasteiger partial charge in [-0.25, -0.2) is 0 Å². The van der Waals surface area contributed by atoms with Crippen molar-refractivity contribution < 1.29 is 35.9 Å². The minimum Gasteiger partial charge on any atom is -0.493 e. The number of H-pyrrole nitrogens is 1. The fourth-order valence-electron chi connectivity index (χ4n) is 4.67. The van der Waals surface area contributed by atoms with Gasteiger partial charge in [-0.2, -0.15) is 31.6 Å². The molecule has 2 heterocycles. The summed E-state index contributed by atoms with van der Waals surface area (Å²) in [5, 5.41) is 15.5. The minimum atomic E-state index is -4.89. The summed E-state index contributed by atoms with van der Waals surface area (Å²) >= 11 is 0. The maximum atomic E-state index is 14.9. The molecule has 1 aliphatic heterocycles. The van der Waals surface area contributed by atoms with Crippen LogP contribution in [0.1, 0.15) is 60.2 Å². The largest absolute Gasteiger partial charge is 0.493 e. The Hall–Kier alpha value is -3.90. The van der Waals surface area contributed by atoms with Crippen LogP contribution in [0.5, 0.6) is 5.75 Å². The number of carbonyl (C=O) groups excluding carboxylic acids is 1. The SMILES string of the molecule is Cc1ccc(C2=C(c3nn[nH]n3)C(=O)NC(c3ccc(OCCCCCC(F)(F)F)c(C)c3)(C(F)(F)F)C2)cc1. The van der Waals surface area contributed by atoms with Gasteiger partial charge in [0, 0.05) is 12.8 Å². The number of benzene rings is 2. The van der Waals surface area contributed by atoms with Crippen LogP contribution in [0.15, 0.2) is 42.5 Å². The van der Waals surface area contributed by atoms with E-state index in [1.807, 2.05) is 6.92 Å². The molecule has 7 nitrogen and oxygen atoms in total. The average molecular weight is 568 g/mol. The van der Waals surface area contributed by atoms with Crippen LogP contribution in [0.4, 0.5) is 26.3 Å². The Morgan fingerprint density at radius 2 is 1.70 bits per heavy atom. The summed E-state index contributed by atoms with van der Waals surface area (Å²) in [6, 6.07) is 10.7. The van der Waals surface area contributed by atoms with Crippen molar-refractivity contribution in [3.8, 4) is 5.75 Å². The number of amides is 1. The van der Waals surface area contributed by atoms with E-state index in [9.17, 15) is 31.1 Å². The van der Waals surface area contributed by atoms with Crippen LogP contribution >= 0.6 is 0 Å². The first kappa shape index (κ1) is 29.1. The Labute approximate surface area is 226 Å². The third-order valence-electron chi connectivity index (χ3n) is 6.78. The molecule has 0 saturated carbocycles. The van der Waals surface area contributed by atoms with Crippen molar-refractivity contribution in [3.63, 3.8) is 0 Å². The molecule has 1 amide bonds. The third kappa shape index (κ3) is 6.28. The molecule has 3 aromatic rings. The Morgan fingerprint density at radius 1 is 0.975 bits per heavy atom. The molecule has 0 fully saturated rings. The lowest BCUT2D eigenvalue weighted by atomic mass is 9.76. The molecule has 2 N–H and O–H groups in total. The Bertz CT molecular complexity index is 1370.